The summed E-state index contributed by atoms with van der Waals surface area (Å²) >= 11 is 0. The Morgan fingerprint density at radius 3 is 2.42 bits per heavy atom. The third kappa shape index (κ3) is 4.35. The molecule has 0 aliphatic heterocycles. The zero-order chi connectivity index (χ0) is 14.4. The Kier molecular flexibility index (Phi) is 5.48. The fourth-order valence-electron chi connectivity index (χ4n) is 1.96. The first-order chi connectivity index (χ1) is 8.95. The summed E-state index contributed by atoms with van der Waals surface area (Å²) < 4.78 is 4.95. The smallest absolute Gasteiger partial charge is 0.309 e. The molecule has 0 amide bonds. The Morgan fingerprint density at radius 2 is 1.95 bits per heavy atom. The van der Waals surface area contributed by atoms with Gasteiger partial charge in [0.2, 0.25) is 6.54 Å². The topological polar surface area (TPSA) is 69.4 Å². The van der Waals surface area contributed by atoms with Crippen molar-refractivity contribution in [3.63, 3.8) is 0 Å². The number of carbonyl (C=O) groups excluding carboxylic acids is 1. The maximum atomic E-state index is 11.8. The number of carbonyl (C=O) groups is 1. The molecular formula is C14H19NO4. The number of esters is 1. The summed E-state index contributed by atoms with van der Waals surface area (Å²) in [7, 11) is 0. The first-order valence-electron chi connectivity index (χ1n) is 6.30. The second kappa shape index (κ2) is 6.87. The van der Waals surface area contributed by atoms with Crippen LogP contribution in [0.3, 0.4) is 0 Å². The molecule has 2 unspecified atom stereocenters. The van der Waals surface area contributed by atoms with Crippen LogP contribution in [0.5, 0.6) is 0 Å². The molecule has 1 aromatic carbocycles. The van der Waals surface area contributed by atoms with Crippen molar-refractivity contribution in [2.75, 3.05) is 13.2 Å². The van der Waals surface area contributed by atoms with Crippen LogP contribution in [-0.4, -0.2) is 24.0 Å². The fraction of sp³-hybridized carbons (Fsp3) is 0.500. The van der Waals surface area contributed by atoms with Crippen molar-refractivity contribution >= 4 is 5.97 Å². The minimum Gasteiger partial charge on any atom is -0.466 e. The molecule has 5 nitrogen and oxygen atoms in total. The number of nitro groups is 1. The van der Waals surface area contributed by atoms with Gasteiger partial charge in [0.05, 0.1) is 18.4 Å². The summed E-state index contributed by atoms with van der Waals surface area (Å²) in [5.41, 5.74) is 1.87. The van der Waals surface area contributed by atoms with Crippen molar-refractivity contribution in [1.82, 2.24) is 0 Å². The first kappa shape index (κ1) is 15.1. The van der Waals surface area contributed by atoms with E-state index < -0.39 is 17.8 Å². The Balaban J connectivity index is 2.96. The lowest BCUT2D eigenvalue weighted by atomic mass is 9.87. The Labute approximate surface area is 112 Å². The molecule has 0 aliphatic rings. The molecule has 5 heteroatoms. The number of hydrogen-bond acceptors (Lipinski definition) is 4. The van der Waals surface area contributed by atoms with Gasteiger partial charge in [0.1, 0.15) is 0 Å². The van der Waals surface area contributed by atoms with Crippen molar-refractivity contribution < 1.29 is 14.5 Å². The highest BCUT2D eigenvalue weighted by Crippen LogP contribution is 2.26. The van der Waals surface area contributed by atoms with Crippen molar-refractivity contribution in [1.29, 1.82) is 0 Å². The highest BCUT2D eigenvalue weighted by atomic mass is 16.6. The first-order valence-corrected chi connectivity index (χ1v) is 6.30. The SMILES string of the molecule is CCOC(=O)C(C)C(C[N+](=O)[O-])c1ccc(C)cc1. The fourth-order valence-corrected chi connectivity index (χ4v) is 1.96. The molecule has 1 aromatic rings. The van der Waals surface area contributed by atoms with Gasteiger partial charge < -0.3 is 4.74 Å². The molecule has 0 saturated carbocycles. The summed E-state index contributed by atoms with van der Waals surface area (Å²) in [6.07, 6.45) is 0. The molecule has 0 aliphatic carbocycles. The average molecular weight is 265 g/mol. The predicted molar refractivity (Wildman–Crippen MR) is 71.6 cm³/mol. The van der Waals surface area contributed by atoms with Crippen molar-refractivity contribution in [3.8, 4) is 0 Å². The van der Waals surface area contributed by atoms with Crippen LogP contribution in [0.25, 0.3) is 0 Å². The van der Waals surface area contributed by atoms with Crippen LogP contribution in [0.1, 0.15) is 30.9 Å². The van der Waals surface area contributed by atoms with E-state index in [0.717, 1.165) is 11.1 Å². The third-order valence-electron chi connectivity index (χ3n) is 3.11. The van der Waals surface area contributed by atoms with Gasteiger partial charge in [0.25, 0.3) is 0 Å². The maximum absolute atomic E-state index is 11.8. The number of nitrogens with zero attached hydrogens (tertiary/aromatic N) is 1. The monoisotopic (exact) mass is 265 g/mol. The number of rotatable bonds is 6. The molecule has 1 rings (SSSR count). The second-order valence-electron chi connectivity index (χ2n) is 4.57. The Morgan fingerprint density at radius 1 is 1.37 bits per heavy atom. The molecule has 0 heterocycles. The van der Waals surface area contributed by atoms with E-state index in [1.165, 1.54) is 0 Å². The van der Waals surface area contributed by atoms with Gasteiger partial charge in [-0.15, -0.1) is 0 Å². The number of benzene rings is 1. The second-order valence-corrected chi connectivity index (χ2v) is 4.57. The van der Waals surface area contributed by atoms with Crippen LogP contribution in [0, 0.1) is 23.0 Å². The molecule has 19 heavy (non-hydrogen) atoms. The number of aryl methyl sites for hydroxylation is 1. The largest absolute Gasteiger partial charge is 0.466 e. The molecule has 0 N–H and O–H groups in total. The van der Waals surface area contributed by atoms with Gasteiger partial charge in [-0.25, -0.2) is 0 Å². The van der Waals surface area contributed by atoms with Crippen LogP contribution in [0.15, 0.2) is 24.3 Å². The summed E-state index contributed by atoms with van der Waals surface area (Å²) in [5.74, 6) is -1.39. The molecule has 0 fully saturated rings. The zero-order valence-electron chi connectivity index (χ0n) is 11.5. The summed E-state index contributed by atoms with van der Waals surface area (Å²) in [6, 6.07) is 7.44. The van der Waals surface area contributed by atoms with Crippen molar-refractivity contribution in [2.45, 2.75) is 26.7 Å². The van der Waals surface area contributed by atoms with Gasteiger partial charge in [0, 0.05) is 4.92 Å². The van der Waals surface area contributed by atoms with Gasteiger partial charge in [-0.3, -0.25) is 14.9 Å². The maximum Gasteiger partial charge on any atom is 0.309 e. The highest BCUT2D eigenvalue weighted by molar-refractivity contribution is 5.73. The molecule has 0 spiro atoms. The Bertz CT molecular complexity index is 441. The zero-order valence-corrected chi connectivity index (χ0v) is 11.5. The van der Waals surface area contributed by atoms with E-state index in [0.29, 0.717) is 0 Å². The van der Waals surface area contributed by atoms with E-state index in [4.69, 9.17) is 4.74 Å². The van der Waals surface area contributed by atoms with Crippen LogP contribution in [0.4, 0.5) is 0 Å². The normalized spacial score (nSPS) is 13.6. The van der Waals surface area contributed by atoms with E-state index >= 15 is 0 Å². The minimum absolute atomic E-state index is 0.275. The molecule has 0 aromatic heterocycles. The molecule has 0 bridgehead atoms. The lowest BCUT2D eigenvalue weighted by molar-refractivity contribution is -0.484. The van der Waals surface area contributed by atoms with Gasteiger partial charge >= 0.3 is 5.97 Å². The minimum atomic E-state index is -0.534. The van der Waals surface area contributed by atoms with Gasteiger partial charge in [0.15, 0.2) is 0 Å². The standard InChI is InChI=1S/C14H19NO4/c1-4-19-14(16)11(3)13(9-15(17)18)12-7-5-10(2)6-8-12/h5-8,11,13H,4,9H2,1-3H3. The molecule has 0 radical (unpaired) electrons. The predicted octanol–water partition coefficient (Wildman–Crippen LogP) is 2.55. The molecule has 104 valence electrons. The van der Waals surface area contributed by atoms with E-state index in [1.807, 2.05) is 31.2 Å². The lowest BCUT2D eigenvalue weighted by Gasteiger charge is -2.19. The molecular weight excluding hydrogens is 246 g/mol. The van der Waals surface area contributed by atoms with E-state index in [2.05, 4.69) is 0 Å². The highest BCUT2D eigenvalue weighted by Gasteiger charge is 2.30. The van der Waals surface area contributed by atoms with Crippen LogP contribution < -0.4 is 0 Å². The number of ether oxygens (including phenoxy) is 1. The van der Waals surface area contributed by atoms with E-state index in [9.17, 15) is 14.9 Å². The van der Waals surface area contributed by atoms with Gasteiger partial charge in [-0.1, -0.05) is 36.8 Å². The van der Waals surface area contributed by atoms with Crippen LogP contribution >= 0.6 is 0 Å². The molecule has 0 saturated heterocycles. The summed E-state index contributed by atoms with van der Waals surface area (Å²) in [4.78, 5) is 22.2. The summed E-state index contributed by atoms with van der Waals surface area (Å²) in [6.45, 7) is 5.34. The van der Waals surface area contributed by atoms with E-state index in [1.54, 1.807) is 13.8 Å². The quantitative estimate of drug-likeness (QED) is 0.450. The Hall–Kier alpha value is -1.91. The summed E-state index contributed by atoms with van der Waals surface area (Å²) in [5, 5.41) is 10.8. The van der Waals surface area contributed by atoms with Crippen molar-refractivity contribution in [2.24, 2.45) is 5.92 Å². The van der Waals surface area contributed by atoms with Crippen LogP contribution in [-0.2, 0) is 9.53 Å². The van der Waals surface area contributed by atoms with Crippen LogP contribution in [0.2, 0.25) is 0 Å². The van der Waals surface area contributed by atoms with E-state index in [-0.39, 0.29) is 18.1 Å². The third-order valence-corrected chi connectivity index (χ3v) is 3.11. The molecule has 2 atom stereocenters. The van der Waals surface area contributed by atoms with Gasteiger partial charge in [-0.2, -0.15) is 0 Å². The number of hydrogen-bond donors (Lipinski definition) is 0. The van der Waals surface area contributed by atoms with Gasteiger partial charge in [-0.05, 0) is 19.4 Å². The lowest BCUT2D eigenvalue weighted by Crippen LogP contribution is -2.27. The van der Waals surface area contributed by atoms with Crippen molar-refractivity contribution in [3.05, 3.63) is 45.5 Å². The average Bonchev–Trinajstić information content (AvgIpc) is 2.36.